The van der Waals surface area contributed by atoms with E-state index in [1.54, 1.807) is 0 Å². The van der Waals surface area contributed by atoms with Crippen molar-refractivity contribution in [1.82, 2.24) is 4.90 Å². The smallest absolute Gasteiger partial charge is 0.264 e. The first-order chi connectivity index (χ1) is 13.6. The molecule has 0 fully saturated rings. The summed E-state index contributed by atoms with van der Waals surface area (Å²) in [4.78, 5) is 27.8. The average molecular weight is 391 g/mol. The molecule has 0 saturated carbocycles. The van der Waals surface area contributed by atoms with Crippen LogP contribution in [0.25, 0.3) is 0 Å². The van der Waals surface area contributed by atoms with Crippen LogP contribution in [0.5, 0.6) is 0 Å². The molecule has 0 saturated heterocycles. The Kier molecular flexibility index (Phi) is 5.26. The van der Waals surface area contributed by atoms with Gasteiger partial charge in [-0.15, -0.1) is 11.3 Å². The van der Waals surface area contributed by atoms with Crippen molar-refractivity contribution in [3.63, 3.8) is 0 Å². The quantitative estimate of drug-likeness (QED) is 0.698. The maximum Gasteiger partial charge on any atom is 0.264 e. The first-order valence-electron chi connectivity index (χ1n) is 9.49. The van der Waals surface area contributed by atoms with Crippen LogP contribution in [-0.2, 0) is 19.4 Å². The second-order valence-corrected chi connectivity index (χ2v) is 7.89. The summed E-state index contributed by atoms with van der Waals surface area (Å²) >= 11 is 1.47. The van der Waals surface area contributed by atoms with Crippen molar-refractivity contribution < 1.29 is 9.59 Å². The highest BCUT2D eigenvalue weighted by Crippen LogP contribution is 2.25. The monoisotopic (exact) mass is 390 g/mol. The van der Waals surface area contributed by atoms with Crippen molar-refractivity contribution in [3.8, 4) is 0 Å². The molecule has 0 unspecified atom stereocenters. The Bertz CT molecular complexity index is 994. The summed E-state index contributed by atoms with van der Waals surface area (Å²) in [6.45, 7) is 3.38. The lowest BCUT2D eigenvalue weighted by Crippen LogP contribution is -2.35. The Balaban J connectivity index is 1.48. The van der Waals surface area contributed by atoms with E-state index in [4.69, 9.17) is 0 Å². The third-order valence-electron chi connectivity index (χ3n) is 5.12. The van der Waals surface area contributed by atoms with Gasteiger partial charge in [0.2, 0.25) is 0 Å². The number of thiophene rings is 1. The fourth-order valence-electron chi connectivity index (χ4n) is 3.46. The molecule has 3 aromatic rings. The van der Waals surface area contributed by atoms with E-state index in [1.165, 1.54) is 22.5 Å². The third kappa shape index (κ3) is 3.85. The number of amides is 2. The fourth-order valence-corrected chi connectivity index (χ4v) is 4.15. The van der Waals surface area contributed by atoms with E-state index in [0.29, 0.717) is 12.1 Å². The van der Waals surface area contributed by atoms with Crippen LogP contribution in [0.4, 0.5) is 5.69 Å². The first-order valence-corrected chi connectivity index (χ1v) is 10.4. The van der Waals surface area contributed by atoms with Crippen LogP contribution in [-0.4, -0.2) is 23.3 Å². The lowest BCUT2D eigenvalue weighted by molar-refractivity contribution is 0.0739. The number of nitrogens with zero attached hydrogens (tertiary/aromatic N) is 1. The molecule has 1 aliphatic heterocycles. The highest BCUT2D eigenvalue weighted by atomic mass is 32.1. The van der Waals surface area contributed by atoms with E-state index in [0.717, 1.165) is 35.5 Å². The Morgan fingerprint density at radius 3 is 2.61 bits per heavy atom. The number of hydrogen-bond donors (Lipinski definition) is 1. The Morgan fingerprint density at radius 2 is 1.89 bits per heavy atom. The number of hydrogen-bond acceptors (Lipinski definition) is 3. The molecule has 2 aromatic carbocycles. The minimum absolute atomic E-state index is 0.0751. The Morgan fingerprint density at radius 1 is 1.07 bits per heavy atom. The molecule has 1 N–H and O–H groups in total. The van der Waals surface area contributed by atoms with Gasteiger partial charge in [-0.3, -0.25) is 9.59 Å². The largest absolute Gasteiger partial charge is 0.333 e. The molecule has 0 spiro atoms. The van der Waals surface area contributed by atoms with Crippen molar-refractivity contribution >= 4 is 28.8 Å². The molecule has 0 aliphatic carbocycles. The molecule has 4 nitrogen and oxygen atoms in total. The SMILES string of the molecule is CCc1ccc(C(=O)Nc2ccc3c(c2)CN(C(=O)c2cccs2)CC3)cc1. The molecule has 28 heavy (non-hydrogen) atoms. The predicted molar refractivity (Wildman–Crippen MR) is 113 cm³/mol. The van der Waals surface area contributed by atoms with Crippen molar-refractivity contribution in [1.29, 1.82) is 0 Å². The van der Waals surface area contributed by atoms with E-state index in [9.17, 15) is 9.59 Å². The first kappa shape index (κ1) is 18.4. The van der Waals surface area contributed by atoms with Gasteiger partial charge < -0.3 is 10.2 Å². The average Bonchev–Trinajstić information content (AvgIpc) is 3.27. The minimum atomic E-state index is -0.120. The fraction of sp³-hybridized carbons (Fsp3) is 0.217. The van der Waals surface area contributed by atoms with Crippen LogP contribution >= 0.6 is 11.3 Å². The van der Waals surface area contributed by atoms with Gasteiger partial charge in [0.1, 0.15) is 0 Å². The van der Waals surface area contributed by atoms with Gasteiger partial charge in [0.05, 0.1) is 4.88 Å². The van der Waals surface area contributed by atoms with Crippen LogP contribution in [0.15, 0.2) is 60.0 Å². The summed E-state index contributed by atoms with van der Waals surface area (Å²) in [5.74, 6) is -0.0453. The summed E-state index contributed by atoms with van der Waals surface area (Å²) < 4.78 is 0. The van der Waals surface area contributed by atoms with Gasteiger partial charge >= 0.3 is 0 Å². The summed E-state index contributed by atoms with van der Waals surface area (Å²) in [6.07, 6.45) is 1.78. The topological polar surface area (TPSA) is 49.4 Å². The maximum atomic E-state index is 12.6. The van der Waals surface area contributed by atoms with Crippen LogP contribution in [0.1, 0.15) is 43.6 Å². The highest BCUT2D eigenvalue weighted by Gasteiger charge is 2.22. The van der Waals surface area contributed by atoms with Crippen LogP contribution in [0.2, 0.25) is 0 Å². The number of anilines is 1. The standard InChI is InChI=1S/C23H22N2O2S/c1-2-16-5-7-18(8-6-16)22(26)24-20-10-9-17-11-12-25(15-19(17)14-20)23(27)21-4-3-13-28-21/h3-10,13-14H,2,11-12,15H2,1H3,(H,24,26). The van der Waals surface area contributed by atoms with Crippen LogP contribution in [0.3, 0.4) is 0 Å². The molecule has 1 aromatic heterocycles. The van der Waals surface area contributed by atoms with Crippen LogP contribution < -0.4 is 5.32 Å². The van der Waals surface area contributed by atoms with E-state index in [2.05, 4.69) is 18.3 Å². The minimum Gasteiger partial charge on any atom is -0.333 e. The lowest BCUT2D eigenvalue weighted by Gasteiger charge is -2.29. The van der Waals surface area contributed by atoms with Crippen molar-refractivity contribution in [2.75, 3.05) is 11.9 Å². The van der Waals surface area contributed by atoms with E-state index in [1.807, 2.05) is 58.8 Å². The second kappa shape index (κ2) is 7.98. The molecule has 0 atom stereocenters. The number of rotatable bonds is 4. The summed E-state index contributed by atoms with van der Waals surface area (Å²) in [6, 6.07) is 17.4. The van der Waals surface area contributed by atoms with Gasteiger partial charge in [0.15, 0.2) is 0 Å². The predicted octanol–water partition coefficient (Wildman–Crippen LogP) is 4.76. The van der Waals surface area contributed by atoms with E-state index in [-0.39, 0.29) is 11.8 Å². The Labute approximate surface area is 168 Å². The molecule has 0 bridgehead atoms. The zero-order chi connectivity index (χ0) is 19.5. The molecule has 5 heteroatoms. The van der Waals surface area contributed by atoms with Crippen molar-refractivity contribution in [3.05, 3.63) is 87.1 Å². The number of aryl methyl sites for hydroxylation is 1. The lowest BCUT2D eigenvalue weighted by atomic mass is 9.98. The maximum absolute atomic E-state index is 12.6. The van der Waals surface area contributed by atoms with E-state index >= 15 is 0 Å². The zero-order valence-corrected chi connectivity index (χ0v) is 16.6. The van der Waals surface area contributed by atoms with Crippen molar-refractivity contribution in [2.24, 2.45) is 0 Å². The Hall–Kier alpha value is -2.92. The van der Waals surface area contributed by atoms with Gasteiger partial charge in [0.25, 0.3) is 11.8 Å². The second-order valence-electron chi connectivity index (χ2n) is 6.94. The van der Waals surface area contributed by atoms with Crippen molar-refractivity contribution in [2.45, 2.75) is 26.3 Å². The summed E-state index contributed by atoms with van der Waals surface area (Å²) in [5, 5.41) is 4.90. The molecule has 0 radical (unpaired) electrons. The third-order valence-corrected chi connectivity index (χ3v) is 5.98. The van der Waals surface area contributed by atoms with Crippen LogP contribution in [0, 0.1) is 0 Å². The number of fused-ring (bicyclic) bond motifs is 1. The highest BCUT2D eigenvalue weighted by molar-refractivity contribution is 7.12. The van der Waals surface area contributed by atoms with Gasteiger partial charge in [0, 0.05) is 24.3 Å². The number of carbonyl (C=O) groups excluding carboxylic acids is 2. The van der Waals surface area contributed by atoms with Gasteiger partial charge in [-0.1, -0.05) is 31.2 Å². The molecular formula is C23H22N2O2S. The van der Waals surface area contributed by atoms with E-state index < -0.39 is 0 Å². The molecule has 2 heterocycles. The molecule has 4 rings (SSSR count). The number of benzene rings is 2. The molecule has 1 aliphatic rings. The normalized spacial score (nSPS) is 13.1. The molecule has 2 amide bonds. The summed E-state index contributed by atoms with van der Waals surface area (Å²) in [7, 11) is 0. The number of carbonyl (C=O) groups is 2. The molecule has 142 valence electrons. The zero-order valence-electron chi connectivity index (χ0n) is 15.8. The number of nitrogens with one attached hydrogen (secondary N) is 1. The van der Waals surface area contributed by atoms with Gasteiger partial charge in [-0.05, 0) is 65.2 Å². The summed E-state index contributed by atoms with van der Waals surface area (Å²) in [5.41, 5.74) is 4.94. The van der Waals surface area contributed by atoms with Gasteiger partial charge in [-0.2, -0.15) is 0 Å². The van der Waals surface area contributed by atoms with Gasteiger partial charge in [-0.25, -0.2) is 0 Å². The molecular weight excluding hydrogens is 368 g/mol.